The summed E-state index contributed by atoms with van der Waals surface area (Å²) in [5, 5.41) is 7.61. The second-order valence-corrected chi connectivity index (χ2v) is 8.18. The van der Waals surface area contributed by atoms with Crippen molar-refractivity contribution >= 4 is 32.3 Å². The molecule has 0 saturated heterocycles. The molecule has 0 spiro atoms. The monoisotopic (exact) mass is 420 g/mol. The van der Waals surface area contributed by atoms with Gasteiger partial charge in [-0.1, -0.05) is 94.4 Å². The maximum atomic E-state index is 6.49. The third kappa shape index (κ3) is 3.42. The van der Waals surface area contributed by atoms with Crippen LogP contribution in [0.4, 0.5) is 0 Å². The van der Waals surface area contributed by atoms with E-state index in [2.05, 4.69) is 98.8 Å². The summed E-state index contributed by atoms with van der Waals surface area (Å²) >= 11 is 0. The van der Waals surface area contributed by atoms with Crippen molar-refractivity contribution in [3.8, 4) is 16.9 Å². The highest BCUT2D eigenvalue weighted by Gasteiger charge is 2.34. The molecule has 0 bridgehead atoms. The van der Waals surface area contributed by atoms with Crippen LogP contribution in [0.3, 0.4) is 0 Å². The van der Waals surface area contributed by atoms with Gasteiger partial charge in [-0.2, -0.15) is 0 Å². The molecule has 0 aliphatic carbocycles. The van der Waals surface area contributed by atoms with Crippen LogP contribution in [0.15, 0.2) is 84.9 Å². The molecule has 32 heavy (non-hydrogen) atoms. The first-order valence-corrected chi connectivity index (χ1v) is 11.8. The molecule has 0 aromatic heterocycles. The molecule has 5 aromatic carbocycles. The second kappa shape index (κ2) is 8.67. The fourth-order valence-electron chi connectivity index (χ4n) is 4.71. The van der Waals surface area contributed by atoms with E-state index in [1.807, 2.05) is 27.7 Å². The summed E-state index contributed by atoms with van der Waals surface area (Å²) in [6.07, 6.45) is 0. The number of hydrogen-bond acceptors (Lipinski definition) is 1. The molecule has 6 rings (SSSR count). The largest absolute Gasteiger partial charge is 0.482 e. The van der Waals surface area contributed by atoms with E-state index in [9.17, 15) is 0 Å². The third-order valence-corrected chi connectivity index (χ3v) is 6.04. The topological polar surface area (TPSA) is 9.23 Å². The smallest absolute Gasteiger partial charge is 0.129 e. The normalized spacial score (nSPS) is 13.2. The summed E-state index contributed by atoms with van der Waals surface area (Å²) in [6.45, 7) is 12.3. The van der Waals surface area contributed by atoms with Gasteiger partial charge in [-0.3, -0.25) is 0 Å². The molecule has 5 aromatic rings. The van der Waals surface area contributed by atoms with Crippen molar-refractivity contribution in [2.75, 3.05) is 0 Å². The molecule has 1 heteroatoms. The van der Waals surface area contributed by atoms with Crippen LogP contribution >= 0.6 is 0 Å². The Kier molecular flexibility index (Phi) is 5.93. The van der Waals surface area contributed by atoms with Crippen LogP contribution in [0, 0.1) is 0 Å². The number of benzene rings is 5. The van der Waals surface area contributed by atoms with E-state index in [1.165, 1.54) is 49.0 Å². The molecule has 1 aliphatic rings. The molecule has 0 fully saturated rings. The maximum absolute atomic E-state index is 6.49. The lowest BCUT2D eigenvalue weighted by Crippen LogP contribution is -2.29. The zero-order valence-corrected chi connectivity index (χ0v) is 20.0. The van der Waals surface area contributed by atoms with Crippen molar-refractivity contribution < 1.29 is 4.74 Å². The highest BCUT2D eigenvalue weighted by atomic mass is 16.5. The minimum Gasteiger partial charge on any atom is -0.482 e. The summed E-state index contributed by atoms with van der Waals surface area (Å²) < 4.78 is 6.49. The number of hydrogen-bond donors (Lipinski definition) is 0. The molecule has 0 saturated carbocycles. The first-order valence-electron chi connectivity index (χ1n) is 11.8. The van der Waals surface area contributed by atoms with Crippen molar-refractivity contribution in [1.29, 1.82) is 0 Å². The van der Waals surface area contributed by atoms with Gasteiger partial charge in [0, 0.05) is 16.7 Å². The molecule has 1 nitrogen and oxygen atoms in total. The van der Waals surface area contributed by atoms with Crippen molar-refractivity contribution in [3.05, 3.63) is 90.5 Å². The number of fused-ring (bicyclic) bond motifs is 8. The van der Waals surface area contributed by atoms with Crippen molar-refractivity contribution in [2.45, 2.75) is 47.1 Å². The lowest BCUT2D eigenvalue weighted by Gasteiger charge is -2.36. The second-order valence-electron chi connectivity index (χ2n) is 8.18. The van der Waals surface area contributed by atoms with Gasteiger partial charge >= 0.3 is 0 Å². The predicted octanol–water partition coefficient (Wildman–Crippen LogP) is 9.49. The van der Waals surface area contributed by atoms with Gasteiger partial charge in [-0.05, 0) is 64.4 Å². The Morgan fingerprint density at radius 2 is 1.12 bits per heavy atom. The average molecular weight is 421 g/mol. The molecular formula is C31H32O. The van der Waals surface area contributed by atoms with E-state index in [0.29, 0.717) is 0 Å². The summed E-state index contributed by atoms with van der Waals surface area (Å²) in [6, 6.07) is 30.6. The fourth-order valence-corrected chi connectivity index (χ4v) is 4.71. The van der Waals surface area contributed by atoms with Gasteiger partial charge in [0.2, 0.25) is 0 Å². The van der Waals surface area contributed by atoms with Crippen LogP contribution in [0.25, 0.3) is 43.4 Å². The lowest BCUT2D eigenvalue weighted by atomic mass is 9.81. The van der Waals surface area contributed by atoms with E-state index in [4.69, 9.17) is 4.74 Å². The van der Waals surface area contributed by atoms with Crippen LogP contribution in [0.5, 0.6) is 5.75 Å². The summed E-state index contributed by atoms with van der Waals surface area (Å²) in [4.78, 5) is 0. The SMILES string of the molecule is CC.CC.CC1(C)Oc2ccc3ccccc3c2-c2c1ccc1cc3ccccc3cc21. The zero-order valence-electron chi connectivity index (χ0n) is 20.0. The van der Waals surface area contributed by atoms with Crippen LogP contribution in [0.2, 0.25) is 0 Å². The van der Waals surface area contributed by atoms with Gasteiger partial charge in [0.15, 0.2) is 0 Å². The molecule has 162 valence electrons. The van der Waals surface area contributed by atoms with Gasteiger partial charge < -0.3 is 4.74 Å². The average Bonchev–Trinajstić information content (AvgIpc) is 2.84. The van der Waals surface area contributed by atoms with Crippen LogP contribution in [0.1, 0.15) is 47.1 Å². The Morgan fingerprint density at radius 1 is 0.531 bits per heavy atom. The van der Waals surface area contributed by atoms with Crippen LogP contribution in [-0.4, -0.2) is 0 Å². The summed E-state index contributed by atoms with van der Waals surface area (Å²) in [7, 11) is 0. The third-order valence-electron chi connectivity index (χ3n) is 6.04. The lowest BCUT2D eigenvalue weighted by molar-refractivity contribution is 0.106. The quantitative estimate of drug-likeness (QED) is 0.227. The van der Waals surface area contributed by atoms with Gasteiger partial charge in [-0.15, -0.1) is 0 Å². The van der Waals surface area contributed by atoms with Gasteiger partial charge in [0.1, 0.15) is 11.4 Å². The first-order chi connectivity index (χ1) is 15.6. The van der Waals surface area contributed by atoms with E-state index in [-0.39, 0.29) is 5.60 Å². The molecule has 1 aliphatic heterocycles. The van der Waals surface area contributed by atoms with Crippen LogP contribution in [-0.2, 0) is 5.60 Å². The maximum Gasteiger partial charge on any atom is 0.129 e. The molecule has 0 unspecified atom stereocenters. The standard InChI is InChI=1S/C27H20O.2C2H6/c1-27(2)23-13-11-20-15-18-8-3-4-9-19(18)16-22(20)25(23)26-21-10-6-5-7-17(21)12-14-24(26)28-27;2*1-2/h3-16H,1-2H3;2*1-2H3. The Balaban J connectivity index is 0.000000582. The van der Waals surface area contributed by atoms with E-state index < -0.39 is 0 Å². The predicted molar refractivity (Wildman–Crippen MR) is 141 cm³/mol. The molecule has 0 amide bonds. The number of ether oxygens (including phenoxy) is 1. The number of rotatable bonds is 0. The summed E-state index contributed by atoms with van der Waals surface area (Å²) in [5.74, 6) is 0.969. The Labute approximate surface area is 191 Å². The Bertz CT molecular complexity index is 1410. The van der Waals surface area contributed by atoms with E-state index >= 15 is 0 Å². The fraction of sp³-hybridized carbons (Fsp3) is 0.226. The zero-order chi connectivity index (χ0) is 22.9. The first kappa shape index (κ1) is 21.9. The molecule has 1 heterocycles. The molecular weight excluding hydrogens is 388 g/mol. The van der Waals surface area contributed by atoms with Crippen molar-refractivity contribution in [2.24, 2.45) is 0 Å². The Morgan fingerprint density at radius 3 is 1.84 bits per heavy atom. The van der Waals surface area contributed by atoms with Gasteiger partial charge in [-0.25, -0.2) is 0 Å². The van der Waals surface area contributed by atoms with Gasteiger partial charge in [0.25, 0.3) is 0 Å². The van der Waals surface area contributed by atoms with Gasteiger partial charge in [0.05, 0.1) is 0 Å². The molecule has 0 N–H and O–H groups in total. The minimum atomic E-state index is -0.370. The van der Waals surface area contributed by atoms with E-state index in [1.54, 1.807) is 0 Å². The highest BCUT2D eigenvalue weighted by molar-refractivity contribution is 6.12. The van der Waals surface area contributed by atoms with E-state index in [0.717, 1.165) is 5.75 Å². The van der Waals surface area contributed by atoms with Crippen molar-refractivity contribution in [3.63, 3.8) is 0 Å². The molecule has 0 atom stereocenters. The van der Waals surface area contributed by atoms with Crippen LogP contribution < -0.4 is 4.74 Å². The van der Waals surface area contributed by atoms with Crippen molar-refractivity contribution in [1.82, 2.24) is 0 Å². The Hall–Kier alpha value is -3.32. The molecule has 0 radical (unpaired) electrons. The minimum absolute atomic E-state index is 0.370. The highest BCUT2D eigenvalue weighted by Crippen LogP contribution is 2.51. The summed E-state index contributed by atoms with van der Waals surface area (Å²) in [5.41, 5.74) is 3.41.